The van der Waals surface area contributed by atoms with Crippen molar-refractivity contribution in [1.82, 2.24) is 10.4 Å². The summed E-state index contributed by atoms with van der Waals surface area (Å²) < 4.78 is 5.25. The molecule has 1 amide bonds. The average molecular weight is 379 g/mol. The smallest absolute Gasteiger partial charge is 0.250 e. The van der Waals surface area contributed by atoms with E-state index in [-0.39, 0.29) is 11.7 Å². The first kappa shape index (κ1) is 18.9. The first-order chi connectivity index (χ1) is 13.1. The highest BCUT2D eigenvalue weighted by molar-refractivity contribution is 7.99. The lowest BCUT2D eigenvalue weighted by Crippen LogP contribution is -2.19. The zero-order valence-electron chi connectivity index (χ0n) is 15.5. The molecule has 27 heavy (non-hydrogen) atoms. The lowest BCUT2D eigenvalue weighted by molar-refractivity contribution is -0.118. The van der Waals surface area contributed by atoms with Gasteiger partial charge in [0, 0.05) is 10.9 Å². The van der Waals surface area contributed by atoms with E-state index in [1.165, 1.54) is 11.8 Å². The molecule has 6 heteroatoms. The number of aromatic nitrogens is 1. The van der Waals surface area contributed by atoms with Crippen LogP contribution in [0.4, 0.5) is 0 Å². The third kappa shape index (κ3) is 4.65. The Labute approximate surface area is 162 Å². The molecule has 3 rings (SSSR count). The van der Waals surface area contributed by atoms with Gasteiger partial charge in [0.15, 0.2) is 0 Å². The molecule has 0 atom stereocenters. The molecule has 5 nitrogen and oxygen atoms in total. The largest absolute Gasteiger partial charge is 0.496 e. The van der Waals surface area contributed by atoms with E-state index >= 15 is 0 Å². The summed E-state index contributed by atoms with van der Waals surface area (Å²) >= 11 is 1.40. The number of amides is 1. The SMILES string of the molecule is COc1ccccc1/C=N/NC(=O)CSc1cc(C)c2cccc(C)c2n1. The van der Waals surface area contributed by atoms with Crippen LogP contribution >= 0.6 is 11.8 Å². The maximum Gasteiger partial charge on any atom is 0.250 e. The van der Waals surface area contributed by atoms with Gasteiger partial charge in [-0.25, -0.2) is 10.4 Å². The second kappa shape index (κ2) is 8.68. The van der Waals surface area contributed by atoms with Crippen LogP contribution in [0.25, 0.3) is 10.9 Å². The fraction of sp³-hybridized carbons (Fsp3) is 0.190. The van der Waals surface area contributed by atoms with Gasteiger partial charge in [-0.15, -0.1) is 0 Å². The number of para-hydroxylation sites is 2. The Balaban J connectivity index is 1.62. The molecule has 1 N–H and O–H groups in total. The number of thioether (sulfide) groups is 1. The Morgan fingerprint density at radius 3 is 2.81 bits per heavy atom. The van der Waals surface area contributed by atoms with E-state index in [9.17, 15) is 4.79 Å². The molecule has 0 radical (unpaired) electrons. The second-order valence-electron chi connectivity index (χ2n) is 6.07. The number of nitrogens with zero attached hydrogens (tertiary/aromatic N) is 2. The van der Waals surface area contributed by atoms with E-state index in [1.807, 2.05) is 49.4 Å². The van der Waals surface area contributed by atoms with E-state index in [0.717, 1.165) is 32.6 Å². The Hall–Kier alpha value is -2.86. The van der Waals surface area contributed by atoms with Gasteiger partial charge >= 0.3 is 0 Å². The Morgan fingerprint density at radius 2 is 2.00 bits per heavy atom. The van der Waals surface area contributed by atoms with Crippen LogP contribution in [0.5, 0.6) is 5.75 Å². The summed E-state index contributed by atoms with van der Waals surface area (Å²) in [7, 11) is 1.60. The minimum absolute atomic E-state index is 0.185. The number of pyridine rings is 1. The van der Waals surface area contributed by atoms with Crippen molar-refractivity contribution < 1.29 is 9.53 Å². The highest BCUT2D eigenvalue weighted by atomic mass is 32.2. The van der Waals surface area contributed by atoms with Gasteiger partial charge < -0.3 is 4.74 Å². The number of aryl methyl sites for hydroxylation is 2. The van der Waals surface area contributed by atoms with Gasteiger partial charge in [-0.1, -0.05) is 42.1 Å². The number of rotatable bonds is 6. The summed E-state index contributed by atoms with van der Waals surface area (Å²) in [6.45, 7) is 4.10. The summed E-state index contributed by atoms with van der Waals surface area (Å²) in [6, 6.07) is 15.6. The highest BCUT2D eigenvalue weighted by Gasteiger charge is 2.08. The molecule has 0 fully saturated rings. The van der Waals surface area contributed by atoms with E-state index < -0.39 is 0 Å². The molecular weight excluding hydrogens is 358 g/mol. The number of hydrogen-bond donors (Lipinski definition) is 1. The number of carbonyl (C=O) groups is 1. The van der Waals surface area contributed by atoms with Crippen LogP contribution in [0, 0.1) is 13.8 Å². The number of hydrogen-bond acceptors (Lipinski definition) is 5. The van der Waals surface area contributed by atoms with E-state index in [4.69, 9.17) is 4.74 Å². The zero-order chi connectivity index (χ0) is 19.2. The standard InChI is InChI=1S/C21H21N3O2S/c1-14-7-6-9-17-15(2)11-20(23-21(14)17)27-13-19(25)24-22-12-16-8-4-5-10-18(16)26-3/h4-12H,13H2,1-3H3,(H,24,25)/b22-12+. The summed E-state index contributed by atoms with van der Waals surface area (Å²) in [6.07, 6.45) is 1.57. The van der Waals surface area contributed by atoms with Crippen LogP contribution in [-0.2, 0) is 4.79 Å². The monoisotopic (exact) mass is 379 g/mol. The fourth-order valence-corrected chi connectivity index (χ4v) is 3.48. The molecule has 0 aliphatic heterocycles. The average Bonchev–Trinajstić information content (AvgIpc) is 2.67. The van der Waals surface area contributed by atoms with Gasteiger partial charge in [-0.2, -0.15) is 5.10 Å². The summed E-state index contributed by atoms with van der Waals surface area (Å²) in [5, 5.41) is 5.98. The molecule has 0 bridgehead atoms. The lowest BCUT2D eigenvalue weighted by Gasteiger charge is -2.08. The number of carbonyl (C=O) groups excluding carboxylic acids is 1. The maximum atomic E-state index is 12.1. The van der Waals surface area contributed by atoms with Gasteiger partial charge in [0.1, 0.15) is 5.75 Å². The molecule has 0 saturated carbocycles. The van der Waals surface area contributed by atoms with Gasteiger partial charge in [0.05, 0.1) is 29.6 Å². The van der Waals surface area contributed by atoms with Crippen molar-refractivity contribution in [2.45, 2.75) is 18.9 Å². The maximum absolute atomic E-state index is 12.1. The molecule has 2 aromatic carbocycles. The molecule has 0 aliphatic rings. The zero-order valence-corrected chi connectivity index (χ0v) is 16.3. The van der Waals surface area contributed by atoms with Crippen molar-refractivity contribution >= 4 is 34.8 Å². The molecule has 0 unspecified atom stereocenters. The number of benzene rings is 2. The van der Waals surface area contributed by atoms with Crippen molar-refractivity contribution in [3.8, 4) is 5.75 Å². The summed E-state index contributed by atoms with van der Waals surface area (Å²) in [4.78, 5) is 16.8. The molecule has 1 heterocycles. The van der Waals surface area contributed by atoms with Crippen LogP contribution < -0.4 is 10.2 Å². The van der Waals surface area contributed by atoms with Crippen LogP contribution in [0.1, 0.15) is 16.7 Å². The normalized spacial score (nSPS) is 11.1. The molecule has 0 spiro atoms. The number of methoxy groups -OCH3 is 1. The first-order valence-electron chi connectivity index (χ1n) is 8.53. The second-order valence-corrected chi connectivity index (χ2v) is 7.07. The fourth-order valence-electron chi connectivity index (χ4n) is 2.72. The van der Waals surface area contributed by atoms with Crippen LogP contribution in [-0.4, -0.2) is 30.0 Å². The Morgan fingerprint density at radius 1 is 1.19 bits per heavy atom. The third-order valence-corrected chi connectivity index (χ3v) is 5.02. The van der Waals surface area contributed by atoms with Crippen LogP contribution in [0.15, 0.2) is 58.7 Å². The number of fused-ring (bicyclic) bond motifs is 1. The van der Waals surface area contributed by atoms with Crippen molar-refractivity contribution in [2.24, 2.45) is 5.10 Å². The van der Waals surface area contributed by atoms with E-state index in [2.05, 4.69) is 28.5 Å². The van der Waals surface area contributed by atoms with Crippen molar-refractivity contribution in [3.05, 3.63) is 65.2 Å². The van der Waals surface area contributed by atoms with Gasteiger partial charge in [-0.05, 0) is 43.2 Å². The van der Waals surface area contributed by atoms with Crippen molar-refractivity contribution in [2.75, 3.05) is 12.9 Å². The third-order valence-electron chi connectivity index (χ3n) is 4.11. The first-order valence-corrected chi connectivity index (χ1v) is 9.51. The van der Waals surface area contributed by atoms with Crippen LogP contribution in [0.3, 0.4) is 0 Å². The Bertz CT molecular complexity index is 1000. The summed E-state index contributed by atoms with van der Waals surface area (Å²) in [5.74, 6) is 0.763. The number of hydrazone groups is 1. The van der Waals surface area contributed by atoms with Gasteiger partial charge in [0.2, 0.25) is 5.91 Å². The molecule has 138 valence electrons. The van der Waals surface area contributed by atoms with Crippen molar-refractivity contribution in [3.63, 3.8) is 0 Å². The minimum atomic E-state index is -0.185. The van der Waals surface area contributed by atoms with Gasteiger partial charge in [0.25, 0.3) is 0 Å². The van der Waals surface area contributed by atoms with Gasteiger partial charge in [-0.3, -0.25) is 4.79 Å². The molecule has 0 aliphatic carbocycles. The Kier molecular flexibility index (Phi) is 6.08. The van der Waals surface area contributed by atoms with E-state index in [0.29, 0.717) is 5.75 Å². The van der Waals surface area contributed by atoms with E-state index in [1.54, 1.807) is 13.3 Å². The molecular formula is C21H21N3O2S. The number of ether oxygens (including phenoxy) is 1. The topological polar surface area (TPSA) is 63.6 Å². The predicted molar refractivity (Wildman–Crippen MR) is 111 cm³/mol. The predicted octanol–water partition coefficient (Wildman–Crippen LogP) is 4.10. The van der Waals surface area contributed by atoms with Crippen LogP contribution in [0.2, 0.25) is 0 Å². The molecule has 0 saturated heterocycles. The highest BCUT2D eigenvalue weighted by Crippen LogP contribution is 2.25. The lowest BCUT2D eigenvalue weighted by atomic mass is 10.1. The molecule has 3 aromatic rings. The quantitative estimate of drug-likeness (QED) is 0.398. The molecule has 1 aromatic heterocycles. The van der Waals surface area contributed by atoms with Crippen molar-refractivity contribution in [1.29, 1.82) is 0 Å². The minimum Gasteiger partial charge on any atom is -0.496 e. The summed E-state index contributed by atoms with van der Waals surface area (Å²) in [5.41, 5.74) is 6.61. The number of nitrogens with one attached hydrogen (secondary N) is 1.